The number of amides is 1. The minimum atomic E-state index is -0.318. The third-order valence-corrected chi connectivity index (χ3v) is 5.76. The first kappa shape index (κ1) is 27.1. The number of likely N-dealkylation sites (N-methyl/N-ethyl adjacent to an activating group) is 2. The average Bonchev–Trinajstić information content (AvgIpc) is 3.47. The molecule has 0 aliphatic heterocycles. The van der Waals surface area contributed by atoms with Crippen LogP contribution in [-0.4, -0.2) is 77.1 Å². The van der Waals surface area contributed by atoms with E-state index in [9.17, 15) is 4.79 Å². The van der Waals surface area contributed by atoms with Crippen molar-refractivity contribution in [2.24, 2.45) is 0 Å². The van der Waals surface area contributed by atoms with Gasteiger partial charge in [-0.3, -0.25) is 4.79 Å². The van der Waals surface area contributed by atoms with Crippen LogP contribution in [0.2, 0.25) is 0 Å². The highest BCUT2D eigenvalue weighted by Crippen LogP contribution is 2.38. The maximum atomic E-state index is 12.2. The van der Waals surface area contributed by atoms with Gasteiger partial charge in [-0.05, 0) is 44.4 Å². The topological polar surface area (TPSA) is 125 Å². The molecule has 0 atom stereocenters. The quantitative estimate of drug-likeness (QED) is 0.235. The van der Waals surface area contributed by atoms with Gasteiger partial charge in [-0.2, -0.15) is 15.2 Å². The minimum absolute atomic E-state index is 0.318. The lowest BCUT2D eigenvalue weighted by atomic mass is 10.2. The second-order valence-corrected chi connectivity index (χ2v) is 8.84. The second-order valence-electron chi connectivity index (χ2n) is 8.84. The summed E-state index contributed by atoms with van der Waals surface area (Å²) in [4.78, 5) is 26.9. The Morgan fingerprint density at radius 1 is 1.00 bits per heavy atom. The average molecular weight is 529 g/mol. The summed E-state index contributed by atoms with van der Waals surface area (Å²) in [5, 5.41) is 17.9. The molecular formula is C27H32N10O2. The van der Waals surface area contributed by atoms with Gasteiger partial charge in [-0.25, -0.2) is 4.98 Å². The molecule has 2 heterocycles. The van der Waals surface area contributed by atoms with E-state index in [0.717, 1.165) is 30.2 Å². The number of rotatable bonds is 12. The molecule has 39 heavy (non-hydrogen) atoms. The van der Waals surface area contributed by atoms with Crippen LogP contribution in [0.25, 0.3) is 5.69 Å². The maximum Gasteiger partial charge on any atom is 0.247 e. The Labute approximate surface area is 227 Å². The normalized spacial score (nSPS) is 10.7. The molecule has 0 saturated heterocycles. The number of benzene rings is 2. The van der Waals surface area contributed by atoms with E-state index in [0.29, 0.717) is 28.9 Å². The van der Waals surface area contributed by atoms with Gasteiger partial charge in [0.25, 0.3) is 0 Å². The van der Waals surface area contributed by atoms with Crippen molar-refractivity contribution in [3.05, 3.63) is 73.7 Å². The van der Waals surface area contributed by atoms with E-state index in [-0.39, 0.29) is 5.91 Å². The molecule has 0 fully saturated rings. The van der Waals surface area contributed by atoms with Gasteiger partial charge in [0.2, 0.25) is 11.9 Å². The monoisotopic (exact) mass is 528 g/mol. The molecule has 2 aromatic carbocycles. The predicted molar refractivity (Wildman–Crippen MR) is 154 cm³/mol. The molecule has 2 aromatic heterocycles. The van der Waals surface area contributed by atoms with E-state index >= 15 is 0 Å². The molecule has 4 rings (SSSR count). The standard InChI is InChI=1S/C27H32N10O2/c1-6-26(38)32-20-17-21(24(39-5)18-23(20)36(4)16-15-35(2)3)33-27-28-12-11-25(34-27)31-19-9-7-8-10-22(19)37-29-13-14-30-37/h6-14,17-18H,1,15-16H2,2-5H3,(H,32,38)(H2,28,31,33,34). The van der Waals surface area contributed by atoms with E-state index in [2.05, 4.69) is 52.5 Å². The van der Waals surface area contributed by atoms with Crippen LogP contribution in [0.15, 0.2) is 73.7 Å². The number of para-hydroxylation sites is 2. The molecule has 0 spiro atoms. The van der Waals surface area contributed by atoms with Crippen molar-refractivity contribution < 1.29 is 9.53 Å². The van der Waals surface area contributed by atoms with Crippen molar-refractivity contribution >= 4 is 40.4 Å². The summed E-state index contributed by atoms with van der Waals surface area (Å²) in [6, 6.07) is 13.1. The number of carbonyl (C=O) groups excluding carboxylic acids is 1. The number of anilines is 6. The molecule has 4 aromatic rings. The van der Waals surface area contributed by atoms with Gasteiger partial charge in [0.1, 0.15) is 17.3 Å². The van der Waals surface area contributed by atoms with Gasteiger partial charge >= 0.3 is 0 Å². The number of hydrogen-bond donors (Lipinski definition) is 3. The Bertz CT molecular complexity index is 1420. The van der Waals surface area contributed by atoms with E-state index < -0.39 is 0 Å². The largest absolute Gasteiger partial charge is 0.494 e. The van der Waals surface area contributed by atoms with Gasteiger partial charge in [0, 0.05) is 32.4 Å². The Hall–Kier alpha value is -4.97. The molecule has 0 aliphatic carbocycles. The fourth-order valence-electron chi connectivity index (χ4n) is 3.75. The number of aromatic nitrogens is 5. The number of carbonyl (C=O) groups is 1. The second kappa shape index (κ2) is 12.5. The lowest BCUT2D eigenvalue weighted by molar-refractivity contribution is -0.111. The third-order valence-electron chi connectivity index (χ3n) is 5.76. The van der Waals surface area contributed by atoms with Crippen LogP contribution in [0.3, 0.4) is 0 Å². The SMILES string of the molecule is C=CC(=O)Nc1cc(Nc2nccc(Nc3ccccc3-n3nccn3)n2)c(OC)cc1N(C)CCN(C)C. The Kier molecular flexibility index (Phi) is 8.69. The summed E-state index contributed by atoms with van der Waals surface area (Å²) < 4.78 is 5.68. The molecule has 0 aliphatic rings. The number of nitrogens with zero attached hydrogens (tertiary/aromatic N) is 7. The van der Waals surface area contributed by atoms with Crippen molar-refractivity contribution in [1.29, 1.82) is 0 Å². The van der Waals surface area contributed by atoms with Crippen LogP contribution < -0.4 is 25.6 Å². The lowest BCUT2D eigenvalue weighted by Crippen LogP contribution is -2.29. The molecule has 12 heteroatoms. The number of nitrogens with one attached hydrogen (secondary N) is 3. The molecule has 202 valence electrons. The van der Waals surface area contributed by atoms with E-state index in [1.807, 2.05) is 51.5 Å². The highest BCUT2D eigenvalue weighted by molar-refractivity contribution is 6.02. The highest BCUT2D eigenvalue weighted by Gasteiger charge is 2.17. The van der Waals surface area contributed by atoms with Crippen LogP contribution in [0.1, 0.15) is 0 Å². The zero-order chi connectivity index (χ0) is 27.8. The number of ether oxygens (including phenoxy) is 1. The molecule has 0 bridgehead atoms. The number of methoxy groups -OCH3 is 1. The smallest absolute Gasteiger partial charge is 0.247 e. The van der Waals surface area contributed by atoms with Gasteiger partial charge in [-0.15, -0.1) is 4.80 Å². The van der Waals surface area contributed by atoms with E-state index in [4.69, 9.17) is 4.74 Å². The van der Waals surface area contributed by atoms with Crippen molar-refractivity contribution in [1.82, 2.24) is 29.9 Å². The minimum Gasteiger partial charge on any atom is -0.494 e. The molecule has 3 N–H and O–H groups in total. The van der Waals surface area contributed by atoms with Crippen LogP contribution in [0.4, 0.5) is 34.5 Å². The predicted octanol–water partition coefficient (Wildman–Crippen LogP) is 3.68. The first-order chi connectivity index (χ1) is 18.9. The van der Waals surface area contributed by atoms with Crippen LogP contribution >= 0.6 is 0 Å². The molecule has 0 radical (unpaired) electrons. The summed E-state index contributed by atoms with van der Waals surface area (Å²) in [7, 11) is 7.57. The molecular weight excluding hydrogens is 496 g/mol. The van der Waals surface area contributed by atoms with Crippen LogP contribution in [0.5, 0.6) is 5.75 Å². The summed E-state index contributed by atoms with van der Waals surface area (Å²) in [5.41, 5.74) is 3.53. The van der Waals surface area contributed by atoms with Crippen molar-refractivity contribution in [3.63, 3.8) is 0 Å². The fourth-order valence-corrected chi connectivity index (χ4v) is 3.75. The summed E-state index contributed by atoms with van der Waals surface area (Å²) in [6.45, 7) is 5.15. The Morgan fingerprint density at radius 3 is 2.49 bits per heavy atom. The van der Waals surface area contributed by atoms with Crippen LogP contribution in [-0.2, 0) is 4.79 Å². The molecule has 0 saturated carbocycles. The zero-order valence-corrected chi connectivity index (χ0v) is 22.4. The first-order valence-corrected chi connectivity index (χ1v) is 12.2. The Morgan fingerprint density at radius 2 is 1.77 bits per heavy atom. The molecule has 12 nitrogen and oxygen atoms in total. The summed E-state index contributed by atoms with van der Waals surface area (Å²) in [6.07, 6.45) is 6.11. The summed E-state index contributed by atoms with van der Waals surface area (Å²) >= 11 is 0. The summed E-state index contributed by atoms with van der Waals surface area (Å²) in [5.74, 6) is 1.14. The number of hydrogen-bond acceptors (Lipinski definition) is 10. The van der Waals surface area contributed by atoms with Crippen molar-refractivity contribution in [2.45, 2.75) is 0 Å². The molecule has 1 amide bonds. The zero-order valence-electron chi connectivity index (χ0n) is 22.4. The maximum absolute atomic E-state index is 12.2. The fraction of sp³-hybridized carbons (Fsp3) is 0.222. The molecule has 0 unspecified atom stereocenters. The Balaban J connectivity index is 1.62. The van der Waals surface area contributed by atoms with Crippen molar-refractivity contribution in [3.8, 4) is 11.4 Å². The van der Waals surface area contributed by atoms with E-state index in [1.165, 1.54) is 10.9 Å². The van der Waals surface area contributed by atoms with Gasteiger partial charge in [0.05, 0.1) is 42.3 Å². The van der Waals surface area contributed by atoms with Crippen LogP contribution in [0, 0.1) is 0 Å². The highest BCUT2D eigenvalue weighted by atomic mass is 16.5. The van der Waals surface area contributed by atoms with E-state index in [1.54, 1.807) is 37.8 Å². The van der Waals surface area contributed by atoms with Gasteiger partial charge < -0.3 is 30.5 Å². The van der Waals surface area contributed by atoms with Crippen molar-refractivity contribution in [2.75, 3.05) is 62.2 Å². The van der Waals surface area contributed by atoms with Gasteiger partial charge in [-0.1, -0.05) is 18.7 Å². The lowest BCUT2D eigenvalue weighted by Gasteiger charge is -2.26. The third kappa shape index (κ3) is 6.87. The first-order valence-electron chi connectivity index (χ1n) is 12.2. The van der Waals surface area contributed by atoms with Gasteiger partial charge in [0.15, 0.2) is 0 Å².